The molecule has 144 valence electrons. The number of nitrogens with one attached hydrogen (secondary N) is 1. The van der Waals surface area contributed by atoms with Crippen LogP contribution in [-0.4, -0.2) is 59.6 Å². The molecule has 1 aromatic carbocycles. The minimum Gasteiger partial charge on any atom is -0.384 e. The van der Waals surface area contributed by atoms with Crippen LogP contribution in [0.25, 0.3) is 0 Å². The summed E-state index contributed by atoms with van der Waals surface area (Å²) in [6, 6.07) is 4.14. The summed E-state index contributed by atoms with van der Waals surface area (Å²) >= 11 is 0. The molecular weight excluding hydrogens is 348 g/mol. The number of carbonyl (C=O) groups is 4. The number of nitrogens with two attached hydrogens (primary N) is 1. The number of amides is 4. The summed E-state index contributed by atoms with van der Waals surface area (Å²) in [6.45, 7) is 1.31. The molecule has 0 aromatic heterocycles. The molecule has 0 spiro atoms. The maximum Gasteiger partial charge on any atom is 0.264 e. The number of imide groups is 2. The second kappa shape index (κ2) is 7.87. The Morgan fingerprint density at radius 1 is 1.11 bits per heavy atom. The van der Waals surface area contributed by atoms with Crippen LogP contribution in [-0.2, 0) is 9.59 Å². The van der Waals surface area contributed by atoms with E-state index in [1.54, 1.807) is 18.2 Å². The van der Waals surface area contributed by atoms with Crippen molar-refractivity contribution < 1.29 is 19.2 Å². The number of hydrogen-bond donors (Lipinski definition) is 2. The Morgan fingerprint density at radius 3 is 2.63 bits per heavy atom. The van der Waals surface area contributed by atoms with Gasteiger partial charge in [0.25, 0.3) is 17.7 Å². The Labute approximate surface area is 157 Å². The van der Waals surface area contributed by atoms with Crippen LogP contribution in [0, 0.1) is 0 Å². The molecule has 3 rings (SSSR count). The van der Waals surface area contributed by atoms with Gasteiger partial charge in [-0.05, 0) is 37.9 Å². The van der Waals surface area contributed by atoms with Crippen molar-refractivity contribution in [2.75, 3.05) is 25.5 Å². The first-order valence-electron chi connectivity index (χ1n) is 9.22. The highest BCUT2D eigenvalue weighted by Crippen LogP contribution is 2.33. The molecule has 1 atom stereocenters. The van der Waals surface area contributed by atoms with Gasteiger partial charge in [0.15, 0.2) is 0 Å². The van der Waals surface area contributed by atoms with Crippen molar-refractivity contribution in [2.45, 2.75) is 38.1 Å². The smallest absolute Gasteiger partial charge is 0.264 e. The fourth-order valence-electron chi connectivity index (χ4n) is 3.54. The highest BCUT2D eigenvalue weighted by atomic mass is 16.2. The van der Waals surface area contributed by atoms with E-state index in [1.165, 1.54) is 7.05 Å². The van der Waals surface area contributed by atoms with Gasteiger partial charge in [0.2, 0.25) is 5.91 Å². The minimum atomic E-state index is -0.933. The highest BCUT2D eigenvalue weighted by molar-refractivity contribution is 6.25. The highest BCUT2D eigenvalue weighted by Gasteiger charge is 2.46. The van der Waals surface area contributed by atoms with E-state index in [0.717, 1.165) is 29.1 Å². The summed E-state index contributed by atoms with van der Waals surface area (Å²) < 4.78 is 0. The van der Waals surface area contributed by atoms with E-state index in [2.05, 4.69) is 5.32 Å². The van der Waals surface area contributed by atoms with Gasteiger partial charge in [0.1, 0.15) is 6.04 Å². The summed E-state index contributed by atoms with van der Waals surface area (Å²) in [7, 11) is 1.38. The molecule has 4 amide bonds. The Morgan fingerprint density at radius 2 is 1.89 bits per heavy atom. The van der Waals surface area contributed by atoms with E-state index >= 15 is 0 Å². The van der Waals surface area contributed by atoms with Crippen LogP contribution in [0.1, 0.15) is 52.8 Å². The van der Waals surface area contributed by atoms with Crippen LogP contribution in [0.15, 0.2) is 18.2 Å². The van der Waals surface area contributed by atoms with Crippen LogP contribution >= 0.6 is 0 Å². The van der Waals surface area contributed by atoms with Gasteiger partial charge in [-0.15, -0.1) is 0 Å². The van der Waals surface area contributed by atoms with E-state index in [0.29, 0.717) is 29.9 Å². The van der Waals surface area contributed by atoms with Crippen molar-refractivity contribution in [1.82, 2.24) is 9.80 Å². The Hall–Kier alpha value is -2.74. The lowest BCUT2D eigenvalue weighted by Gasteiger charge is -2.32. The van der Waals surface area contributed by atoms with Crippen molar-refractivity contribution in [2.24, 2.45) is 5.73 Å². The van der Waals surface area contributed by atoms with Crippen LogP contribution in [0.4, 0.5) is 5.69 Å². The standard InChI is InChI=1S/C19H24N4O4/c1-22-15(24)9-8-14(18(22)26)23-17(25)12-6-5-7-13(16(12)19(23)27)21-11-4-2-3-10-20/h5-7,14,21H,2-4,8-11,20H2,1H3. The molecule has 8 heteroatoms. The normalized spacial score (nSPS) is 19.7. The van der Waals surface area contributed by atoms with Crippen LogP contribution in [0.3, 0.4) is 0 Å². The quantitative estimate of drug-likeness (QED) is 0.545. The van der Waals surface area contributed by atoms with E-state index in [9.17, 15) is 19.2 Å². The van der Waals surface area contributed by atoms with Gasteiger partial charge in [-0.1, -0.05) is 12.5 Å². The molecule has 1 unspecified atom stereocenters. The maximum absolute atomic E-state index is 13.0. The zero-order chi connectivity index (χ0) is 19.6. The molecule has 2 aliphatic rings. The summed E-state index contributed by atoms with van der Waals surface area (Å²) in [4.78, 5) is 52.0. The molecule has 3 N–H and O–H groups in total. The number of unbranched alkanes of at least 4 members (excludes halogenated alkanes) is 2. The zero-order valence-electron chi connectivity index (χ0n) is 15.4. The van der Waals surface area contributed by atoms with E-state index in [1.807, 2.05) is 0 Å². The van der Waals surface area contributed by atoms with Gasteiger partial charge < -0.3 is 11.1 Å². The molecule has 27 heavy (non-hydrogen) atoms. The minimum absolute atomic E-state index is 0.132. The molecule has 1 fully saturated rings. The first-order chi connectivity index (χ1) is 13.0. The lowest BCUT2D eigenvalue weighted by molar-refractivity contribution is -0.149. The Kier molecular flexibility index (Phi) is 5.55. The summed E-state index contributed by atoms with van der Waals surface area (Å²) in [5, 5.41) is 3.22. The van der Waals surface area contributed by atoms with Gasteiger partial charge in [-0.2, -0.15) is 0 Å². The maximum atomic E-state index is 13.0. The number of benzene rings is 1. The van der Waals surface area contributed by atoms with Gasteiger partial charge >= 0.3 is 0 Å². The number of rotatable bonds is 7. The van der Waals surface area contributed by atoms with Gasteiger partial charge in [0.05, 0.1) is 11.1 Å². The average Bonchev–Trinajstić information content (AvgIpc) is 2.92. The van der Waals surface area contributed by atoms with E-state index < -0.39 is 23.8 Å². The summed E-state index contributed by atoms with van der Waals surface area (Å²) in [5.74, 6) is -1.78. The van der Waals surface area contributed by atoms with Crippen LogP contribution < -0.4 is 11.1 Å². The fraction of sp³-hybridized carbons (Fsp3) is 0.474. The third-order valence-corrected chi connectivity index (χ3v) is 5.08. The third kappa shape index (κ3) is 3.44. The zero-order valence-corrected chi connectivity index (χ0v) is 15.4. The molecule has 1 saturated heterocycles. The largest absolute Gasteiger partial charge is 0.384 e. The predicted octanol–water partition coefficient (Wildman–Crippen LogP) is 0.971. The summed E-state index contributed by atoms with van der Waals surface area (Å²) in [6.07, 6.45) is 3.12. The number of carbonyl (C=O) groups excluding carboxylic acids is 4. The Bertz CT molecular complexity index is 792. The monoisotopic (exact) mass is 372 g/mol. The molecule has 0 radical (unpaired) electrons. The third-order valence-electron chi connectivity index (χ3n) is 5.08. The molecule has 0 aliphatic carbocycles. The second-order valence-corrected chi connectivity index (χ2v) is 6.83. The Balaban J connectivity index is 1.80. The molecule has 2 heterocycles. The van der Waals surface area contributed by atoms with Crippen molar-refractivity contribution in [3.8, 4) is 0 Å². The molecule has 8 nitrogen and oxygen atoms in total. The number of fused-ring (bicyclic) bond motifs is 1. The van der Waals surface area contributed by atoms with E-state index in [-0.39, 0.29) is 18.7 Å². The topological polar surface area (TPSA) is 113 Å². The van der Waals surface area contributed by atoms with Gasteiger partial charge in [-0.25, -0.2) is 0 Å². The number of anilines is 1. The molecule has 1 aromatic rings. The lowest BCUT2D eigenvalue weighted by atomic mass is 10.0. The molecule has 0 saturated carbocycles. The predicted molar refractivity (Wildman–Crippen MR) is 99.1 cm³/mol. The number of nitrogens with zero attached hydrogens (tertiary/aromatic N) is 2. The average molecular weight is 372 g/mol. The SMILES string of the molecule is CN1C(=O)CCC(N2C(=O)c3cccc(NCCCCCN)c3C2=O)C1=O. The number of likely N-dealkylation sites (N-methyl/N-ethyl adjacent to an activating group) is 1. The van der Waals surface area contributed by atoms with Crippen molar-refractivity contribution >= 4 is 29.3 Å². The van der Waals surface area contributed by atoms with Crippen LogP contribution in [0.5, 0.6) is 0 Å². The van der Waals surface area contributed by atoms with E-state index in [4.69, 9.17) is 5.73 Å². The van der Waals surface area contributed by atoms with Crippen molar-refractivity contribution in [3.63, 3.8) is 0 Å². The number of likely N-dealkylation sites (tertiary alicyclic amines) is 1. The lowest BCUT2D eigenvalue weighted by Crippen LogP contribution is -2.54. The first kappa shape index (κ1) is 19.0. The number of hydrogen-bond acceptors (Lipinski definition) is 6. The van der Waals surface area contributed by atoms with Crippen molar-refractivity contribution in [1.29, 1.82) is 0 Å². The molecule has 0 bridgehead atoms. The van der Waals surface area contributed by atoms with Gasteiger partial charge in [0, 0.05) is 25.7 Å². The second-order valence-electron chi connectivity index (χ2n) is 6.83. The van der Waals surface area contributed by atoms with Crippen LogP contribution in [0.2, 0.25) is 0 Å². The summed E-state index contributed by atoms with van der Waals surface area (Å²) in [5.41, 5.74) is 6.67. The first-order valence-corrected chi connectivity index (χ1v) is 9.22. The molecule has 2 aliphatic heterocycles. The molecular formula is C19H24N4O4. The van der Waals surface area contributed by atoms with Gasteiger partial charge in [-0.3, -0.25) is 29.0 Å². The number of piperidine rings is 1. The fourth-order valence-corrected chi connectivity index (χ4v) is 3.54. The van der Waals surface area contributed by atoms with Crippen molar-refractivity contribution in [3.05, 3.63) is 29.3 Å².